The molecule has 0 bridgehead atoms. The SMILES string of the molecule is CC1CCCNC1N1CCNCC1. The van der Waals surface area contributed by atoms with Crippen LogP contribution in [-0.2, 0) is 0 Å². The largest absolute Gasteiger partial charge is 0.314 e. The molecular weight excluding hydrogens is 162 g/mol. The molecule has 0 aromatic carbocycles. The van der Waals surface area contributed by atoms with E-state index >= 15 is 0 Å². The van der Waals surface area contributed by atoms with Gasteiger partial charge < -0.3 is 10.6 Å². The lowest BCUT2D eigenvalue weighted by Crippen LogP contribution is -2.57. The lowest BCUT2D eigenvalue weighted by molar-refractivity contribution is 0.0819. The number of piperidine rings is 1. The monoisotopic (exact) mass is 183 g/mol. The normalized spacial score (nSPS) is 37.6. The molecule has 3 nitrogen and oxygen atoms in total. The molecule has 2 aliphatic heterocycles. The molecule has 0 amide bonds. The van der Waals surface area contributed by atoms with E-state index in [1.54, 1.807) is 0 Å². The van der Waals surface area contributed by atoms with E-state index in [1.807, 2.05) is 0 Å². The Morgan fingerprint density at radius 2 is 1.92 bits per heavy atom. The summed E-state index contributed by atoms with van der Waals surface area (Å²) in [7, 11) is 0. The maximum absolute atomic E-state index is 3.64. The number of rotatable bonds is 1. The Hall–Kier alpha value is -0.120. The van der Waals surface area contributed by atoms with Gasteiger partial charge in [0.25, 0.3) is 0 Å². The second-order valence-corrected chi connectivity index (χ2v) is 4.30. The number of nitrogens with zero attached hydrogens (tertiary/aromatic N) is 1. The van der Waals surface area contributed by atoms with E-state index in [0.29, 0.717) is 6.17 Å². The van der Waals surface area contributed by atoms with Crippen molar-refractivity contribution in [1.82, 2.24) is 15.5 Å². The van der Waals surface area contributed by atoms with Crippen molar-refractivity contribution in [2.45, 2.75) is 25.9 Å². The smallest absolute Gasteiger partial charge is 0.0624 e. The van der Waals surface area contributed by atoms with Crippen LogP contribution in [0, 0.1) is 5.92 Å². The van der Waals surface area contributed by atoms with Gasteiger partial charge in [0.1, 0.15) is 0 Å². The van der Waals surface area contributed by atoms with Crippen LogP contribution >= 0.6 is 0 Å². The van der Waals surface area contributed by atoms with E-state index < -0.39 is 0 Å². The molecule has 0 spiro atoms. The van der Waals surface area contributed by atoms with Gasteiger partial charge in [0.2, 0.25) is 0 Å². The summed E-state index contributed by atoms with van der Waals surface area (Å²) in [6.07, 6.45) is 3.39. The molecule has 2 fully saturated rings. The summed E-state index contributed by atoms with van der Waals surface area (Å²) in [4.78, 5) is 2.60. The maximum Gasteiger partial charge on any atom is 0.0624 e. The fraction of sp³-hybridized carbons (Fsp3) is 1.00. The molecule has 2 unspecified atom stereocenters. The van der Waals surface area contributed by atoms with Gasteiger partial charge in [-0.15, -0.1) is 0 Å². The van der Waals surface area contributed by atoms with Crippen LogP contribution in [0.1, 0.15) is 19.8 Å². The Morgan fingerprint density at radius 3 is 2.62 bits per heavy atom. The Morgan fingerprint density at radius 1 is 1.15 bits per heavy atom. The summed E-state index contributed by atoms with van der Waals surface area (Å²) in [5, 5.41) is 7.04. The standard InChI is InChI=1S/C10H21N3/c1-9-3-2-4-12-10(9)13-7-5-11-6-8-13/h9-12H,2-8H2,1H3. The summed E-state index contributed by atoms with van der Waals surface area (Å²) >= 11 is 0. The maximum atomic E-state index is 3.64. The van der Waals surface area contributed by atoms with Crippen LogP contribution < -0.4 is 10.6 Å². The second-order valence-electron chi connectivity index (χ2n) is 4.30. The van der Waals surface area contributed by atoms with Crippen molar-refractivity contribution in [2.24, 2.45) is 5.92 Å². The highest BCUT2D eigenvalue weighted by Crippen LogP contribution is 2.18. The van der Waals surface area contributed by atoms with Crippen LogP contribution in [0.5, 0.6) is 0 Å². The van der Waals surface area contributed by atoms with Crippen LogP contribution in [0.25, 0.3) is 0 Å². The molecule has 0 aliphatic carbocycles. The van der Waals surface area contributed by atoms with Crippen molar-refractivity contribution >= 4 is 0 Å². The Labute approximate surface area is 80.9 Å². The minimum atomic E-state index is 0.649. The molecule has 2 rings (SSSR count). The Kier molecular flexibility index (Phi) is 3.19. The second kappa shape index (κ2) is 4.40. The fourth-order valence-electron chi connectivity index (χ4n) is 2.48. The number of hydrogen-bond donors (Lipinski definition) is 2. The fourth-order valence-corrected chi connectivity index (χ4v) is 2.48. The quantitative estimate of drug-likeness (QED) is 0.610. The molecule has 0 aromatic rings. The van der Waals surface area contributed by atoms with E-state index in [9.17, 15) is 0 Å². The number of hydrogen-bond acceptors (Lipinski definition) is 3. The highest BCUT2D eigenvalue weighted by Gasteiger charge is 2.27. The zero-order chi connectivity index (χ0) is 9.10. The molecule has 13 heavy (non-hydrogen) atoms. The highest BCUT2D eigenvalue weighted by atomic mass is 15.3. The highest BCUT2D eigenvalue weighted by molar-refractivity contribution is 4.81. The zero-order valence-corrected chi connectivity index (χ0v) is 8.55. The topological polar surface area (TPSA) is 27.3 Å². The number of nitrogens with one attached hydrogen (secondary N) is 2. The number of piperazine rings is 1. The molecular formula is C10H21N3. The van der Waals surface area contributed by atoms with Crippen molar-refractivity contribution in [3.8, 4) is 0 Å². The average molecular weight is 183 g/mol. The molecule has 0 aromatic heterocycles. The predicted molar refractivity (Wildman–Crippen MR) is 54.6 cm³/mol. The van der Waals surface area contributed by atoms with Gasteiger partial charge in [-0.3, -0.25) is 4.90 Å². The van der Waals surface area contributed by atoms with Crippen molar-refractivity contribution in [3.05, 3.63) is 0 Å². The molecule has 2 atom stereocenters. The summed E-state index contributed by atoms with van der Waals surface area (Å²) in [5.41, 5.74) is 0. The van der Waals surface area contributed by atoms with Crippen LogP contribution in [0.3, 0.4) is 0 Å². The van der Waals surface area contributed by atoms with Gasteiger partial charge in [-0.25, -0.2) is 0 Å². The summed E-state index contributed by atoms with van der Waals surface area (Å²) in [5.74, 6) is 0.826. The van der Waals surface area contributed by atoms with Gasteiger partial charge in [-0.2, -0.15) is 0 Å². The summed E-state index contributed by atoms with van der Waals surface area (Å²) in [6, 6.07) is 0. The average Bonchev–Trinajstić information content (AvgIpc) is 2.20. The third kappa shape index (κ3) is 2.22. The third-order valence-electron chi connectivity index (χ3n) is 3.27. The van der Waals surface area contributed by atoms with Gasteiger partial charge >= 0.3 is 0 Å². The van der Waals surface area contributed by atoms with E-state index in [2.05, 4.69) is 22.5 Å². The summed E-state index contributed by atoms with van der Waals surface area (Å²) < 4.78 is 0. The predicted octanol–water partition coefficient (Wildman–Crippen LogP) is 0.237. The van der Waals surface area contributed by atoms with Crippen LogP contribution in [0.15, 0.2) is 0 Å². The molecule has 76 valence electrons. The first kappa shape index (κ1) is 9.44. The van der Waals surface area contributed by atoms with Gasteiger partial charge in [0.15, 0.2) is 0 Å². The Bertz CT molecular complexity index is 154. The zero-order valence-electron chi connectivity index (χ0n) is 8.55. The van der Waals surface area contributed by atoms with E-state index in [4.69, 9.17) is 0 Å². The van der Waals surface area contributed by atoms with Crippen molar-refractivity contribution in [3.63, 3.8) is 0 Å². The minimum absolute atomic E-state index is 0.649. The molecule has 3 heteroatoms. The molecule has 2 aliphatic rings. The first-order valence-electron chi connectivity index (χ1n) is 5.56. The van der Waals surface area contributed by atoms with Crippen LogP contribution in [-0.4, -0.2) is 43.8 Å². The molecule has 0 radical (unpaired) electrons. The minimum Gasteiger partial charge on any atom is -0.314 e. The van der Waals surface area contributed by atoms with Crippen LogP contribution in [0.4, 0.5) is 0 Å². The first-order chi connectivity index (χ1) is 6.38. The molecule has 2 heterocycles. The van der Waals surface area contributed by atoms with E-state index in [0.717, 1.165) is 19.0 Å². The van der Waals surface area contributed by atoms with E-state index in [-0.39, 0.29) is 0 Å². The van der Waals surface area contributed by atoms with Crippen molar-refractivity contribution in [2.75, 3.05) is 32.7 Å². The molecule has 2 N–H and O–H groups in total. The van der Waals surface area contributed by atoms with Crippen molar-refractivity contribution in [1.29, 1.82) is 0 Å². The van der Waals surface area contributed by atoms with Gasteiger partial charge in [-0.1, -0.05) is 6.92 Å². The third-order valence-corrected chi connectivity index (χ3v) is 3.27. The van der Waals surface area contributed by atoms with Gasteiger partial charge in [0, 0.05) is 26.2 Å². The van der Waals surface area contributed by atoms with E-state index in [1.165, 1.54) is 32.5 Å². The Balaban J connectivity index is 1.88. The van der Waals surface area contributed by atoms with Gasteiger partial charge in [-0.05, 0) is 25.3 Å². The lowest BCUT2D eigenvalue weighted by Gasteiger charge is -2.41. The first-order valence-corrected chi connectivity index (χ1v) is 5.56. The molecule has 2 saturated heterocycles. The summed E-state index contributed by atoms with van der Waals surface area (Å²) in [6.45, 7) is 8.32. The van der Waals surface area contributed by atoms with Crippen LogP contribution in [0.2, 0.25) is 0 Å². The van der Waals surface area contributed by atoms with Gasteiger partial charge in [0.05, 0.1) is 6.17 Å². The lowest BCUT2D eigenvalue weighted by atomic mass is 9.96. The van der Waals surface area contributed by atoms with Crippen molar-refractivity contribution < 1.29 is 0 Å². The molecule has 0 saturated carbocycles.